The molecule has 0 aromatic carbocycles. The monoisotopic (exact) mass is 192 g/mol. The lowest BCUT2D eigenvalue weighted by Gasteiger charge is -2.14. The number of aryl methyl sites for hydroxylation is 2. The molecule has 0 spiro atoms. The first kappa shape index (κ1) is 9.40. The number of aromatic nitrogens is 2. The van der Waals surface area contributed by atoms with E-state index in [1.54, 1.807) is 0 Å². The van der Waals surface area contributed by atoms with Crippen molar-refractivity contribution in [3.63, 3.8) is 0 Å². The molecule has 0 saturated heterocycles. The number of hydrogen-bond acceptors (Lipinski definition) is 4. The highest BCUT2D eigenvalue weighted by Crippen LogP contribution is 2.20. The van der Waals surface area contributed by atoms with Crippen LogP contribution in [-0.2, 0) is 12.8 Å². The molecular formula is C10H16N4. The molecule has 0 saturated carbocycles. The lowest BCUT2D eigenvalue weighted by molar-refractivity contribution is 0.655. The van der Waals surface area contributed by atoms with Crippen LogP contribution in [0.1, 0.15) is 24.1 Å². The molecule has 4 heteroatoms. The van der Waals surface area contributed by atoms with Crippen molar-refractivity contribution in [3.8, 4) is 0 Å². The second kappa shape index (κ2) is 4.37. The van der Waals surface area contributed by atoms with Crippen LogP contribution in [0.2, 0.25) is 0 Å². The minimum atomic E-state index is 0.624. The van der Waals surface area contributed by atoms with Gasteiger partial charge < -0.3 is 11.1 Å². The van der Waals surface area contributed by atoms with Crippen LogP contribution < -0.4 is 11.1 Å². The minimum Gasteiger partial charge on any atom is -0.367 e. The highest BCUT2D eigenvalue weighted by atomic mass is 15.2. The average molecular weight is 192 g/mol. The number of rotatable bonds is 3. The predicted octanol–water partition coefficient (Wildman–Crippen LogP) is 0.726. The van der Waals surface area contributed by atoms with Gasteiger partial charge in [-0.1, -0.05) is 0 Å². The first-order valence-electron chi connectivity index (χ1n) is 5.19. The molecule has 0 unspecified atom stereocenters. The topological polar surface area (TPSA) is 63.8 Å². The quantitative estimate of drug-likeness (QED) is 0.741. The van der Waals surface area contributed by atoms with Crippen LogP contribution in [0.4, 0.5) is 5.82 Å². The Morgan fingerprint density at radius 2 is 2.14 bits per heavy atom. The molecular weight excluding hydrogens is 176 g/mol. The zero-order chi connectivity index (χ0) is 9.80. The van der Waals surface area contributed by atoms with Crippen LogP contribution in [0.5, 0.6) is 0 Å². The molecule has 1 aliphatic carbocycles. The van der Waals surface area contributed by atoms with Gasteiger partial charge in [0, 0.05) is 13.1 Å². The SMILES string of the molecule is NCCNc1cc2c(nn1)CCCC2. The molecule has 0 aliphatic heterocycles. The maximum Gasteiger partial charge on any atom is 0.148 e. The fourth-order valence-corrected chi connectivity index (χ4v) is 1.78. The zero-order valence-electron chi connectivity index (χ0n) is 8.29. The van der Waals surface area contributed by atoms with Gasteiger partial charge in [-0.2, -0.15) is 5.10 Å². The van der Waals surface area contributed by atoms with E-state index in [-0.39, 0.29) is 0 Å². The molecule has 0 radical (unpaired) electrons. The van der Waals surface area contributed by atoms with Gasteiger partial charge >= 0.3 is 0 Å². The fraction of sp³-hybridized carbons (Fsp3) is 0.600. The van der Waals surface area contributed by atoms with Crippen LogP contribution >= 0.6 is 0 Å². The van der Waals surface area contributed by atoms with E-state index in [4.69, 9.17) is 5.73 Å². The van der Waals surface area contributed by atoms with E-state index in [0.29, 0.717) is 6.54 Å². The Morgan fingerprint density at radius 1 is 1.29 bits per heavy atom. The van der Waals surface area contributed by atoms with E-state index in [9.17, 15) is 0 Å². The lowest BCUT2D eigenvalue weighted by Crippen LogP contribution is -2.15. The van der Waals surface area contributed by atoms with Crippen LogP contribution in [0, 0.1) is 0 Å². The summed E-state index contributed by atoms with van der Waals surface area (Å²) >= 11 is 0. The Kier molecular flexibility index (Phi) is 2.93. The normalized spacial score (nSPS) is 14.9. The summed E-state index contributed by atoms with van der Waals surface area (Å²) in [7, 11) is 0. The van der Waals surface area contributed by atoms with Crippen LogP contribution in [0.3, 0.4) is 0 Å². The van der Waals surface area contributed by atoms with E-state index in [1.807, 2.05) is 0 Å². The van der Waals surface area contributed by atoms with Gasteiger partial charge in [-0.15, -0.1) is 5.10 Å². The Labute approximate surface area is 83.9 Å². The summed E-state index contributed by atoms with van der Waals surface area (Å²) in [6, 6.07) is 2.11. The molecule has 1 aromatic rings. The summed E-state index contributed by atoms with van der Waals surface area (Å²) in [5.41, 5.74) is 7.93. The van der Waals surface area contributed by atoms with Crippen molar-refractivity contribution < 1.29 is 0 Å². The third-order valence-electron chi connectivity index (χ3n) is 2.52. The molecule has 0 atom stereocenters. The third kappa shape index (κ3) is 2.01. The summed E-state index contributed by atoms with van der Waals surface area (Å²) in [6.45, 7) is 1.38. The van der Waals surface area contributed by atoms with E-state index in [0.717, 1.165) is 25.2 Å². The maximum absolute atomic E-state index is 5.40. The van der Waals surface area contributed by atoms with Gasteiger partial charge in [-0.3, -0.25) is 0 Å². The van der Waals surface area contributed by atoms with Gasteiger partial charge in [0.25, 0.3) is 0 Å². The van der Waals surface area contributed by atoms with Crippen molar-refractivity contribution >= 4 is 5.82 Å². The first-order valence-corrected chi connectivity index (χ1v) is 5.19. The molecule has 2 rings (SSSR count). The summed E-state index contributed by atoms with van der Waals surface area (Å²) in [5.74, 6) is 0.858. The van der Waals surface area contributed by atoms with Crippen molar-refractivity contribution in [2.24, 2.45) is 5.73 Å². The summed E-state index contributed by atoms with van der Waals surface area (Å²) in [5, 5.41) is 11.5. The summed E-state index contributed by atoms with van der Waals surface area (Å²) < 4.78 is 0. The van der Waals surface area contributed by atoms with Gasteiger partial charge in [-0.05, 0) is 37.3 Å². The molecule has 0 bridgehead atoms. The van der Waals surface area contributed by atoms with Gasteiger partial charge in [-0.25, -0.2) is 0 Å². The molecule has 1 heterocycles. The standard InChI is InChI=1S/C10H16N4/c11-5-6-12-10-7-8-3-1-2-4-9(8)13-14-10/h7H,1-6,11H2,(H,12,14). The van der Waals surface area contributed by atoms with E-state index in [2.05, 4.69) is 21.6 Å². The molecule has 14 heavy (non-hydrogen) atoms. The minimum absolute atomic E-state index is 0.624. The van der Waals surface area contributed by atoms with E-state index in [1.165, 1.54) is 24.1 Å². The summed E-state index contributed by atoms with van der Waals surface area (Å²) in [6.07, 6.45) is 4.74. The number of fused-ring (bicyclic) bond motifs is 1. The molecule has 1 aromatic heterocycles. The Morgan fingerprint density at radius 3 is 3.00 bits per heavy atom. The van der Waals surface area contributed by atoms with E-state index >= 15 is 0 Å². The number of nitrogens with zero attached hydrogens (tertiary/aromatic N) is 2. The number of nitrogens with one attached hydrogen (secondary N) is 1. The third-order valence-corrected chi connectivity index (χ3v) is 2.52. The molecule has 0 amide bonds. The van der Waals surface area contributed by atoms with E-state index < -0.39 is 0 Å². The molecule has 4 nitrogen and oxygen atoms in total. The molecule has 0 fully saturated rings. The van der Waals surface area contributed by atoms with Gasteiger partial charge in [0.2, 0.25) is 0 Å². The predicted molar refractivity (Wildman–Crippen MR) is 56.2 cm³/mol. The number of hydrogen-bond donors (Lipinski definition) is 2. The van der Waals surface area contributed by atoms with Crippen LogP contribution in [-0.4, -0.2) is 23.3 Å². The fourth-order valence-electron chi connectivity index (χ4n) is 1.78. The Bertz CT molecular complexity index is 311. The van der Waals surface area contributed by atoms with Gasteiger partial charge in [0.1, 0.15) is 5.82 Å². The Balaban J connectivity index is 2.12. The van der Waals surface area contributed by atoms with Gasteiger partial charge in [0.05, 0.1) is 5.69 Å². The van der Waals surface area contributed by atoms with Gasteiger partial charge in [0.15, 0.2) is 0 Å². The maximum atomic E-state index is 5.40. The smallest absolute Gasteiger partial charge is 0.148 e. The average Bonchev–Trinajstić information content (AvgIpc) is 2.26. The Hall–Kier alpha value is -1.16. The van der Waals surface area contributed by atoms with Crippen molar-refractivity contribution in [1.29, 1.82) is 0 Å². The highest BCUT2D eigenvalue weighted by molar-refractivity contribution is 5.38. The second-order valence-corrected chi connectivity index (χ2v) is 3.62. The van der Waals surface area contributed by atoms with Crippen molar-refractivity contribution in [2.45, 2.75) is 25.7 Å². The largest absolute Gasteiger partial charge is 0.367 e. The molecule has 76 valence electrons. The number of nitrogens with two attached hydrogens (primary N) is 1. The first-order chi connectivity index (χ1) is 6.90. The highest BCUT2D eigenvalue weighted by Gasteiger charge is 2.11. The summed E-state index contributed by atoms with van der Waals surface area (Å²) in [4.78, 5) is 0. The molecule has 1 aliphatic rings. The zero-order valence-corrected chi connectivity index (χ0v) is 8.29. The molecule has 3 N–H and O–H groups in total. The lowest BCUT2D eigenvalue weighted by atomic mass is 9.97. The van der Waals surface area contributed by atoms with Crippen LogP contribution in [0.15, 0.2) is 6.07 Å². The number of anilines is 1. The van der Waals surface area contributed by atoms with Crippen molar-refractivity contribution in [3.05, 3.63) is 17.3 Å². The van der Waals surface area contributed by atoms with Crippen molar-refractivity contribution in [1.82, 2.24) is 10.2 Å². The second-order valence-electron chi connectivity index (χ2n) is 3.62. The van der Waals surface area contributed by atoms with Crippen molar-refractivity contribution in [2.75, 3.05) is 18.4 Å². The van der Waals surface area contributed by atoms with Crippen LogP contribution in [0.25, 0.3) is 0 Å².